The van der Waals surface area contributed by atoms with E-state index in [1.165, 1.54) is 11.6 Å². The Bertz CT molecular complexity index is 873. The first kappa shape index (κ1) is 17.2. The first-order valence-electron chi connectivity index (χ1n) is 9.30. The second-order valence-corrected chi connectivity index (χ2v) is 7.05. The summed E-state index contributed by atoms with van der Waals surface area (Å²) in [5.41, 5.74) is 2.59. The van der Waals surface area contributed by atoms with Crippen LogP contribution in [0.3, 0.4) is 0 Å². The van der Waals surface area contributed by atoms with E-state index in [0.29, 0.717) is 13.2 Å². The normalized spacial score (nSPS) is 19.7. The predicted octanol–water partition coefficient (Wildman–Crippen LogP) is 3.95. The van der Waals surface area contributed by atoms with Crippen LogP contribution in [0.15, 0.2) is 36.5 Å². The number of rotatable bonds is 4. The van der Waals surface area contributed by atoms with Gasteiger partial charge in [0.25, 0.3) is 0 Å². The van der Waals surface area contributed by atoms with Crippen LogP contribution in [-0.4, -0.2) is 41.1 Å². The molecule has 0 radical (unpaired) electrons. The molecule has 1 aromatic heterocycles. The molecule has 5 heteroatoms. The summed E-state index contributed by atoms with van der Waals surface area (Å²) in [4.78, 5) is 19.1. The smallest absolute Gasteiger partial charge is 0.326 e. The lowest BCUT2D eigenvalue weighted by molar-refractivity contribution is -0.164. The molecule has 0 spiro atoms. The molecular weight excluding hydrogens is 331 g/mol. The number of carbonyl (C=O) groups excluding carboxylic acids is 1. The number of halogens is 1. The molecule has 1 aromatic carbocycles. The Morgan fingerprint density at radius 3 is 2.85 bits per heavy atom. The van der Waals surface area contributed by atoms with Crippen molar-refractivity contribution in [2.45, 2.75) is 38.1 Å². The lowest BCUT2D eigenvalue weighted by atomic mass is 9.74. The van der Waals surface area contributed by atoms with Gasteiger partial charge in [-0.25, -0.2) is 4.39 Å². The zero-order chi connectivity index (χ0) is 18.1. The first-order valence-corrected chi connectivity index (χ1v) is 9.30. The minimum atomic E-state index is -0.440. The van der Waals surface area contributed by atoms with Gasteiger partial charge in [-0.15, -0.1) is 0 Å². The first-order chi connectivity index (χ1) is 12.6. The van der Waals surface area contributed by atoms with E-state index in [-0.39, 0.29) is 11.8 Å². The predicted molar refractivity (Wildman–Crippen MR) is 99.1 cm³/mol. The van der Waals surface area contributed by atoms with Gasteiger partial charge >= 0.3 is 5.97 Å². The monoisotopic (exact) mass is 354 g/mol. The Hall–Kier alpha value is -2.27. The summed E-state index contributed by atoms with van der Waals surface area (Å²) in [6.07, 6.45) is 7.59. The Balaban J connectivity index is 1.61. The molecule has 1 aliphatic carbocycles. The standard InChI is InChI=1S/C21H23FN2O2/c1-2-26-20(25)21(9-3-10-21)24-12-7-15(8-13-24)17-6-11-23-19-5-4-16(22)14-18(17)19/h4-7,11,14H,2-3,8-10,12-13H2,1H3. The molecular formula is C21H23FN2O2. The third-order valence-corrected chi connectivity index (χ3v) is 5.70. The molecule has 4 nitrogen and oxygen atoms in total. The summed E-state index contributed by atoms with van der Waals surface area (Å²) in [6.45, 7) is 3.80. The number of aromatic nitrogens is 1. The maximum atomic E-state index is 13.7. The van der Waals surface area contributed by atoms with Crippen molar-refractivity contribution in [1.82, 2.24) is 9.88 Å². The Labute approximate surface area is 152 Å². The maximum absolute atomic E-state index is 13.7. The molecule has 26 heavy (non-hydrogen) atoms. The molecule has 2 aliphatic rings. The number of hydrogen-bond acceptors (Lipinski definition) is 4. The van der Waals surface area contributed by atoms with Gasteiger partial charge in [0.15, 0.2) is 0 Å². The fourth-order valence-corrected chi connectivity index (χ4v) is 4.13. The molecule has 4 rings (SSSR count). The van der Waals surface area contributed by atoms with Crippen molar-refractivity contribution >= 4 is 22.4 Å². The Kier molecular flexibility index (Phi) is 4.49. The fraction of sp³-hybridized carbons (Fsp3) is 0.429. The van der Waals surface area contributed by atoms with Gasteiger partial charge in [-0.2, -0.15) is 0 Å². The second-order valence-electron chi connectivity index (χ2n) is 7.05. The lowest BCUT2D eigenvalue weighted by Gasteiger charge is -2.48. The van der Waals surface area contributed by atoms with E-state index < -0.39 is 5.54 Å². The molecule has 136 valence electrons. The van der Waals surface area contributed by atoms with Gasteiger partial charge in [0, 0.05) is 24.7 Å². The van der Waals surface area contributed by atoms with Gasteiger partial charge in [0.05, 0.1) is 12.1 Å². The Morgan fingerprint density at radius 1 is 1.35 bits per heavy atom. The van der Waals surface area contributed by atoms with Gasteiger partial charge in [-0.1, -0.05) is 6.08 Å². The van der Waals surface area contributed by atoms with E-state index in [1.54, 1.807) is 18.3 Å². The van der Waals surface area contributed by atoms with Crippen molar-refractivity contribution in [2.75, 3.05) is 19.7 Å². The molecule has 0 unspecified atom stereocenters. The highest BCUT2D eigenvalue weighted by molar-refractivity contribution is 5.92. The quantitative estimate of drug-likeness (QED) is 0.780. The van der Waals surface area contributed by atoms with Crippen molar-refractivity contribution in [3.05, 3.63) is 47.9 Å². The molecule has 2 heterocycles. The SMILES string of the molecule is CCOC(=O)C1(N2CC=C(c3ccnc4ccc(F)cc34)CC2)CCC1. The van der Waals surface area contributed by atoms with Crippen LogP contribution in [-0.2, 0) is 9.53 Å². The molecule has 0 atom stereocenters. The van der Waals surface area contributed by atoms with E-state index >= 15 is 0 Å². The molecule has 0 amide bonds. The van der Waals surface area contributed by atoms with E-state index in [0.717, 1.165) is 48.7 Å². The van der Waals surface area contributed by atoms with Gasteiger partial charge < -0.3 is 4.74 Å². The van der Waals surface area contributed by atoms with Crippen molar-refractivity contribution in [1.29, 1.82) is 0 Å². The van der Waals surface area contributed by atoms with Crippen LogP contribution in [0, 0.1) is 5.82 Å². The van der Waals surface area contributed by atoms with E-state index in [4.69, 9.17) is 4.74 Å². The maximum Gasteiger partial charge on any atom is 0.326 e. The summed E-state index contributed by atoms with van der Waals surface area (Å²) in [7, 11) is 0. The van der Waals surface area contributed by atoms with Crippen LogP contribution in [0.2, 0.25) is 0 Å². The molecule has 0 N–H and O–H groups in total. The van der Waals surface area contributed by atoms with E-state index in [9.17, 15) is 9.18 Å². The topological polar surface area (TPSA) is 42.4 Å². The van der Waals surface area contributed by atoms with Crippen LogP contribution >= 0.6 is 0 Å². The molecule has 2 aromatic rings. The highest BCUT2D eigenvalue weighted by atomic mass is 19.1. The number of hydrogen-bond donors (Lipinski definition) is 0. The van der Waals surface area contributed by atoms with Crippen molar-refractivity contribution < 1.29 is 13.9 Å². The zero-order valence-electron chi connectivity index (χ0n) is 15.0. The highest BCUT2D eigenvalue weighted by Crippen LogP contribution is 2.41. The molecule has 1 saturated carbocycles. The van der Waals surface area contributed by atoms with Gasteiger partial charge in [0.2, 0.25) is 0 Å². The molecule has 1 fully saturated rings. The molecule has 0 bridgehead atoms. The van der Waals surface area contributed by atoms with Gasteiger partial charge in [-0.05, 0) is 68.0 Å². The number of ether oxygens (including phenoxy) is 1. The number of fused-ring (bicyclic) bond motifs is 1. The van der Waals surface area contributed by atoms with Gasteiger partial charge in [0.1, 0.15) is 11.4 Å². The van der Waals surface area contributed by atoms with E-state index in [2.05, 4.69) is 16.0 Å². The summed E-state index contributed by atoms with van der Waals surface area (Å²) in [5.74, 6) is -0.333. The van der Waals surface area contributed by atoms with Crippen molar-refractivity contribution in [3.63, 3.8) is 0 Å². The second kappa shape index (κ2) is 6.80. The highest BCUT2D eigenvalue weighted by Gasteiger charge is 2.50. The van der Waals surface area contributed by atoms with Crippen LogP contribution in [0.1, 0.15) is 38.2 Å². The minimum absolute atomic E-state index is 0.0838. The molecule has 1 aliphatic heterocycles. The largest absolute Gasteiger partial charge is 0.465 e. The summed E-state index contributed by atoms with van der Waals surface area (Å²) in [5, 5.41) is 0.843. The summed E-state index contributed by atoms with van der Waals surface area (Å²) < 4.78 is 19.0. The summed E-state index contributed by atoms with van der Waals surface area (Å²) in [6, 6.07) is 6.66. The van der Waals surface area contributed by atoms with Crippen LogP contribution in [0.25, 0.3) is 16.5 Å². The average Bonchev–Trinajstić information content (AvgIpc) is 2.61. The lowest BCUT2D eigenvalue weighted by Crippen LogP contribution is -2.60. The van der Waals surface area contributed by atoms with Gasteiger partial charge in [-0.3, -0.25) is 14.7 Å². The third kappa shape index (κ3) is 2.80. The third-order valence-electron chi connectivity index (χ3n) is 5.70. The number of benzene rings is 1. The zero-order valence-corrected chi connectivity index (χ0v) is 15.0. The summed E-state index contributed by atoms with van der Waals surface area (Å²) >= 11 is 0. The number of pyridine rings is 1. The molecule has 0 saturated heterocycles. The fourth-order valence-electron chi connectivity index (χ4n) is 4.13. The van der Waals surface area contributed by atoms with Crippen LogP contribution in [0.4, 0.5) is 4.39 Å². The van der Waals surface area contributed by atoms with Crippen molar-refractivity contribution in [2.24, 2.45) is 0 Å². The van der Waals surface area contributed by atoms with Crippen LogP contribution in [0.5, 0.6) is 0 Å². The van der Waals surface area contributed by atoms with E-state index in [1.807, 2.05) is 13.0 Å². The average molecular weight is 354 g/mol. The van der Waals surface area contributed by atoms with Crippen molar-refractivity contribution in [3.8, 4) is 0 Å². The van der Waals surface area contributed by atoms with Crippen LogP contribution < -0.4 is 0 Å². The number of carbonyl (C=O) groups is 1. The minimum Gasteiger partial charge on any atom is -0.465 e. The Morgan fingerprint density at radius 2 is 2.19 bits per heavy atom. The number of nitrogens with zero attached hydrogens (tertiary/aromatic N) is 2. The number of esters is 1.